The van der Waals surface area contributed by atoms with Gasteiger partial charge in [-0.2, -0.15) is 0 Å². The summed E-state index contributed by atoms with van der Waals surface area (Å²) in [7, 11) is 0. The summed E-state index contributed by atoms with van der Waals surface area (Å²) in [5, 5.41) is 4.75. The van der Waals surface area contributed by atoms with Crippen molar-refractivity contribution >= 4 is 40.0 Å². The minimum absolute atomic E-state index is 0.190. The topological polar surface area (TPSA) is 84.3 Å². The lowest BCUT2D eigenvalue weighted by molar-refractivity contribution is -0.123. The van der Waals surface area contributed by atoms with Gasteiger partial charge in [0.2, 0.25) is 11.8 Å². The average molecular weight is 539 g/mol. The lowest BCUT2D eigenvalue weighted by atomic mass is 9.75. The molecule has 196 valence electrons. The summed E-state index contributed by atoms with van der Waals surface area (Å²) >= 11 is 6.42. The van der Waals surface area contributed by atoms with Gasteiger partial charge < -0.3 is 0 Å². The van der Waals surface area contributed by atoms with Crippen molar-refractivity contribution in [2.75, 3.05) is 4.90 Å². The Bertz CT molecular complexity index is 1780. The average Bonchev–Trinajstić information content (AvgIpc) is 3.49. The second-order valence-corrected chi connectivity index (χ2v) is 11.6. The molecule has 0 bridgehead atoms. The fourth-order valence-electron chi connectivity index (χ4n) is 7.01. The molecule has 4 heterocycles. The molecule has 8 heteroatoms. The van der Waals surface area contributed by atoms with E-state index in [-0.39, 0.29) is 29.3 Å². The van der Waals surface area contributed by atoms with Gasteiger partial charge in [-0.15, -0.1) is 0 Å². The fourth-order valence-corrected chi connectivity index (χ4v) is 7.17. The van der Waals surface area contributed by atoms with Gasteiger partial charge in [-0.3, -0.25) is 24.3 Å². The molecule has 4 aromatic rings. The molecule has 1 N–H and O–H groups in total. The number of anilines is 1. The molecule has 7 nitrogen and oxygen atoms in total. The Morgan fingerprint density at radius 3 is 2.46 bits per heavy atom. The number of fused-ring (bicyclic) bond motifs is 8. The number of halogens is 1. The van der Waals surface area contributed by atoms with Crippen molar-refractivity contribution in [3.05, 3.63) is 99.1 Å². The van der Waals surface area contributed by atoms with Crippen LogP contribution in [0.2, 0.25) is 5.02 Å². The van der Waals surface area contributed by atoms with Gasteiger partial charge in [0.05, 0.1) is 34.1 Å². The Labute approximate surface area is 230 Å². The summed E-state index contributed by atoms with van der Waals surface area (Å²) in [6, 6.07) is 19.9. The molecule has 3 aliphatic rings. The standard InChI is InChI=1S/C31H27ClN4O3/c1-16(2)15-22-25-26(29(39)35(28(25)38)23-14-8-11-20(32)17(23)3)31(34-22)19-10-5-7-13-24(19)36-27(37)18-9-4-6-12-21(18)33-30(31)36/h4-14,16,22,25-26,34H,15H2,1-3H3/t22-,25-,26+,31+/m0/s1. The minimum Gasteiger partial charge on any atom is -0.297 e. The van der Waals surface area contributed by atoms with Crippen molar-refractivity contribution in [3.8, 4) is 5.69 Å². The Balaban J connectivity index is 1.53. The van der Waals surface area contributed by atoms with E-state index in [0.717, 1.165) is 5.56 Å². The van der Waals surface area contributed by atoms with E-state index < -0.39 is 17.4 Å². The van der Waals surface area contributed by atoms with Crippen LogP contribution in [0.15, 0.2) is 71.5 Å². The fraction of sp³-hybridized carbons (Fsp3) is 0.290. The van der Waals surface area contributed by atoms with Crippen LogP contribution < -0.4 is 15.8 Å². The van der Waals surface area contributed by atoms with Crippen molar-refractivity contribution in [2.24, 2.45) is 17.8 Å². The van der Waals surface area contributed by atoms with Gasteiger partial charge in [0.1, 0.15) is 11.4 Å². The smallest absolute Gasteiger partial charge is 0.266 e. The number of aromatic nitrogens is 2. The highest BCUT2D eigenvalue weighted by molar-refractivity contribution is 6.32. The highest BCUT2D eigenvalue weighted by atomic mass is 35.5. The van der Waals surface area contributed by atoms with E-state index in [4.69, 9.17) is 16.6 Å². The largest absolute Gasteiger partial charge is 0.297 e. The van der Waals surface area contributed by atoms with E-state index in [1.807, 2.05) is 49.4 Å². The van der Waals surface area contributed by atoms with E-state index >= 15 is 0 Å². The van der Waals surface area contributed by atoms with Crippen LogP contribution in [0.5, 0.6) is 0 Å². The SMILES string of the molecule is Cc1c(Cl)cccc1N1C(=O)[C@H]2[C@H](CC(C)C)N[C@]3(c4ccccc4-n4c3nc3ccccc3c4=O)[C@H]2C1=O. The van der Waals surface area contributed by atoms with Gasteiger partial charge in [-0.1, -0.05) is 61.8 Å². The molecule has 0 saturated carbocycles. The molecule has 0 radical (unpaired) electrons. The normalized spacial score (nSPS) is 25.2. The van der Waals surface area contributed by atoms with Crippen molar-refractivity contribution in [1.29, 1.82) is 0 Å². The van der Waals surface area contributed by atoms with Crippen molar-refractivity contribution in [3.63, 3.8) is 0 Å². The Kier molecular flexibility index (Phi) is 5.19. The lowest BCUT2D eigenvalue weighted by Gasteiger charge is -2.32. The quantitative estimate of drug-likeness (QED) is 0.381. The number of benzene rings is 3. The maximum atomic E-state index is 14.5. The van der Waals surface area contributed by atoms with Crippen LogP contribution in [-0.2, 0) is 15.1 Å². The number of hydrogen-bond donors (Lipinski definition) is 1. The molecule has 3 aliphatic heterocycles. The first kappa shape index (κ1) is 24.2. The van der Waals surface area contributed by atoms with Crippen LogP contribution in [-0.4, -0.2) is 27.4 Å². The monoisotopic (exact) mass is 538 g/mol. The number of amides is 2. The molecular weight excluding hydrogens is 512 g/mol. The number of imide groups is 1. The zero-order chi connectivity index (χ0) is 27.2. The summed E-state index contributed by atoms with van der Waals surface area (Å²) < 4.78 is 1.63. The van der Waals surface area contributed by atoms with Gasteiger partial charge in [0.25, 0.3) is 5.56 Å². The summed E-state index contributed by atoms with van der Waals surface area (Å²) in [5.41, 5.74) is 1.88. The number of carbonyl (C=O) groups is 2. The highest BCUT2D eigenvalue weighted by Gasteiger charge is 2.69. The molecular formula is C31H27ClN4O3. The number of nitrogens with one attached hydrogen (secondary N) is 1. The molecule has 3 aromatic carbocycles. The van der Waals surface area contributed by atoms with Gasteiger partial charge in [0.15, 0.2) is 0 Å². The molecule has 39 heavy (non-hydrogen) atoms. The molecule has 2 amide bonds. The van der Waals surface area contributed by atoms with Crippen LogP contribution >= 0.6 is 11.6 Å². The van der Waals surface area contributed by atoms with Crippen LogP contribution in [0.3, 0.4) is 0 Å². The molecule has 2 fully saturated rings. The lowest BCUT2D eigenvalue weighted by Crippen LogP contribution is -2.50. The van der Waals surface area contributed by atoms with E-state index in [9.17, 15) is 14.4 Å². The first-order chi connectivity index (χ1) is 18.8. The first-order valence-electron chi connectivity index (χ1n) is 13.3. The van der Waals surface area contributed by atoms with Crippen molar-refractivity contribution < 1.29 is 9.59 Å². The van der Waals surface area contributed by atoms with E-state index in [0.29, 0.717) is 45.1 Å². The molecule has 4 atom stereocenters. The summed E-state index contributed by atoms with van der Waals surface area (Å²) in [5.74, 6) is -1.23. The van der Waals surface area contributed by atoms with Gasteiger partial charge in [-0.05, 0) is 55.2 Å². The second-order valence-electron chi connectivity index (χ2n) is 11.2. The van der Waals surface area contributed by atoms with Crippen molar-refractivity contribution in [1.82, 2.24) is 14.9 Å². The van der Waals surface area contributed by atoms with Gasteiger partial charge in [-0.25, -0.2) is 9.88 Å². The number of rotatable bonds is 3. The zero-order valence-corrected chi connectivity index (χ0v) is 22.6. The Hall–Kier alpha value is -3.81. The summed E-state index contributed by atoms with van der Waals surface area (Å²) in [4.78, 5) is 49.0. The maximum absolute atomic E-state index is 14.5. The third-order valence-electron chi connectivity index (χ3n) is 8.57. The maximum Gasteiger partial charge on any atom is 0.266 e. The minimum atomic E-state index is -1.14. The van der Waals surface area contributed by atoms with Crippen LogP contribution in [0.4, 0.5) is 5.69 Å². The van der Waals surface area contributed by atoms with Gasteiger partial charge in [0, 0.05) is 16.6 Å². The zero-order valence-electron chi connectivity index (χ0n) is 21.8. The molecule has 2 saturated heterocycles. The molecule has 7 rings (SSSR count). The predicted octanol–water partition coefficient (Wildman–Crippen LogP) is 4.73. The predicted molar refractivity (Wildman–Crippen MR) is 150 cm³/mol. The number of para-hydroxylation sites is 2. The van der Waals surface area contributed by atoms with E-state index in [1.165, 1.54) is 4.90 Å². The highest BCUT2D eigenvalue weighted by Crippen LogP contribution is 2.56. The molecule has 0 unspecified atom stereocenters. The third kappa shape index (κ3) is 3.08. The van der Waals surface area contributed by atoms with Crippen LogP contribution in [0.25, 0.3) is 16.6 Å². The van der Waals surface area contributed by atoms with Crippen LogP contribution in [0.1, 0.15) is 37.2 Å². The number of hydrogen-bond acceptors (Lipinski definition) is 5. The number of nitrogens with zero attached hydrogens (tertiary/aromatic N) is 3. The molecule has 0 aliphatic carbocycles. The summed E-state index contributed by atoms with van der Waals surface area (Å²) in [6.07, 6.45) is 0.685. The third-order valence-corrected chi connectivity index (χ3v) is 8.98. The van der Waals surface area contributed by atoms with Crippen LogP contribution in [0, 0.1) is 24.7 Å². The van der Waals surface area contributed by atoms with E-state index in [1.54, 1.807) is 28.8 Å². The number of carbonyl (C=O) groups excluding carboxylic acids is 2. The molecule has 1 aromatic heterocycles. The van der Waals surface area contributed by atoms with Crippen molar-refractivity contribution in [2.45, 2.75) is 38.8 Å². The summed E-state index contributed by atoms with van der Waals surface area (Å²) in [6.45, 7) is 6.03. The second kappa shape index (κ2) is 8.34. The Morgan fingerprint density at radius 1 is 0.949 bits per heavy atom. The first-order valence-corrected chi connectivity index (χ1v) is 13.7. The Morgan fingerprint density at radius 2 is 1.67 bits per heavy atom. The van der Waals surface area contributed by atoms with E-state index in [2.05, 4.69) is 19.2 Å². The molecule has 1 spiro atoms. The van der Waals surface area contributed by atoms with Gasteiger partial charge >= 0.3 is 0 Å².